The number of nitrogens with zero attached hydrogens (tertiary/aromatic N) is 2. The Morgan fingerprint density at radius 1 is 1.20 bits per heavy atom. The summed E-state index contributed by atoms with van der Waals surface area (Å²) in [6, 6.07) is 12.5. The average Bonchev–Trinajstić information content (AvgIpc) is 2.72. The molecule has 2 aromatic rings. The zero-order chi connectivity index (χ0) is 21.7. The van der Waals surface area contributed by atoms with Gasteiger partial charge < -0.3 is 14.5 Å². The molecule has 0 unspecified atom stereocenters. The largest absolute Gasteiger partial charge is 0.373 e. The van der Waals surface area contributed by atoms with E-state index in [1.54, 1.807) is 40.1 Å². The summed E-state index contributed by atoms with van der Waals surface area (Å²) < 4.78 is 19.4. The van der Waals surface area contributed by atoms with Crippen molar-refractivity contribution >= 4 is 23.4 Å². The van der Waals surface area contributed by atoms with Crippen molar-refractivity contribution in [2.75, 3.05) is 32.8 Å². The van der Waals surface area contributed by atoms with Gasteiger partial charge >= 0.3 is 0 Å². The van der Waals surface area contributed by atoms with Gasteiger partial charge in [0.1, 0.15) is 5.82 Å². The first-order chi connectivity index (χ1) is 14.3. The Kier molecular flexibility index (Phi) is 7.45. The van der Waals surface area contributed by atoms with E-state index in [-0.39, 0.29) is 23.8 Å². The fourth-order valence-corrected chi connectivity index (χ4v) is 3.65. The van der Waals surface area contributed by atoms with Gasteiger partial charge in [-0.2, -0.15) is 0 Å². The zero-order valence-electron chi connectivity index (χ0n) is 17.2. The van der Waals surface area contributed by atoms with E-state index in [2.05, 4.69) is 0 Å². The lowest BCUT2D eigenvalue weighted by atomic mass is 10.1. The molecule has 2 amide bonds. The molecule has 1 saturated heterocycles. The fourth-order valence-electron chi connectivity index (χ4n) is 3.52. The molecule has 1 fully saturated rings. The Morgan fingerprint density at radius 3 is 2.60 bits per heavy atom. The van der Waals surface area contributed by atoms with Crippen LogP contribution >= 0.6 is 11.6 Å². The highest BCUT2D eigenvalue weighted by atomic mass is 35.5. The number of ether oxygens (including phenoxy) is 1. The second-order valence-electron chi connectivity index (χ2n) is 7.87. The van der Waals surface area contributed by atoms with Gasteiger partial charge in [0.05, 0.1) is 12.7 Å². The highest BCUT2D eigenvalue weighted by Crippen LogP contribution is 2.16. The van der Waals surface area contributed by atoms with E-state index in [1.807, 2.05) is 13.8 Å². The Morgan fingerprint density at radius 2 is 1.93 bits per heavy atom. The van der Waals surface area contributed by atoms with Crippen LogP contribution in [0.25, 0.3) is 0 Å². The van der Waals surface area contributed by atoms with Crippen molar-refractivity contribution in [3.63, 3.8) is 0 Å². The standard InChI is InChI=1S/C23H26ClFN2O3/c1-16(2)13-27(23(29)18-4-3-5-20(25)12-18)15-21-14-26(10-11-30-21)22(28)17-6-8-19(24)9-7-17/h3-9,12,16,21H,10-11,13-15H2,1-2H3/t21-/m1/s1. The van der Waals surface area contributed by atoms with E-state index in [0.29, 0.717) is 48.9 Å². The quantitative estimate of drug-likeness (QED) is 0.690. The predicted octanol–water partition coefficient (Wildman–Crippen LogP) is 4.12. The Labute approximate surface area is 181 Å². The van der Waals surface area contributed by atoms with Crippen LogP contribution in [-0.4, -0.2) is 60.5 Å². The molecule has 0 bridgehead atoms. The Balaban J connectivity index is 1.70. The summed E-state index contributed by atoms with van der Waals surface area (Å²) in [4.78, 5) is 29.2. The number of carbonyl (C=O) groups excluding carboxylic acids is 2. The van der Waals surface area contributed by atoms with Crippen molar-refractivity contribution in [3.05, 3.63) is 70.5 Å². The van der Waals surface area contributed by atoms with Crippen LogP contribution < -0.4 is 0 Å². The van der Waals surface area contributed by atoms with E-state index >= 15 is 0 Å². The summed E-state index contributed by atoms with van der Waals surface area (Å²) >= 11 is 5.91. The average molecular weight is 433 g/mol. The summed E-state index contributed by atoms with van der Waals surface area (Å²) in [7, 11) is 0. The highest BCUT2D eigenvalue weighted by molar-refractivity contribution is 6.30. The third-order valence-electron chi connectivity index (χ3n) is 4.89. The minimum Gasteiger partial charge on any atom is -0.373 e. The van der Waals surface area contributed by atoms with Crippen LogP contribution in [0.15, 0.2) is 48.5 Å². The third kappa shape index (κ3) is 5.80. The summed E-state index contributed by atoms with van der Waals surface area (Å²) in [6.07, 6.45) is -0.314. The number of benzene rings is 2. The molecule has 7 heteroatoms. The summed E-state index contributed by atoms with van der Waals surface area (Å²) in [5.74, 6) is -0.545. The summed E-state index contributed by atoms with van der Waals surface area (Å²) in [5, 5.41) is 0.576. The monoisotopic (exact) mass is 432 g/mol. The zero-order valence-corrected chi connectivity index (χ0v) is 17.9. The lowest BCUT2D eigenvalue weighted by molar-refractivity contribution is -0.0340. The number of hydrogen-bond acceptors (Lipinski definition) is 3. The number of carbonyl (C=O) groups is 2. The number of amides is 2. The fraction of sp³-hybridized carbons (Fsp3) is 0.391. The first kappa shape index (κ1) is 22.2. The van der Waals surface area contributed by atoms with Crippen LogP contribution in [-0.2, 0) is 4.74 Å². The second kappa shape index (κ2) is 10.0. The van der Waals surface area contributed by atoms with Gasteiger partial charge in [0.25, 0.3) is 11.8 Å². The molecule has 1 atom stereocenters. The first-order valence-corrected chi connectivity index (χ1v) is 10.4. The van der Waals surface area contributed by atoms with Gasteiger partial charge in [-0.25, -0.2) is 4.39 Å². The van der Waals surface area contributed by atoms with Crippen LogP contribution in [0.4, 0.5) is 4.39 Å². The van der Waals surface area contributed by atoms with Gasteiger partial charge in [-0.3, -0.25) is 9.59 Å². The Bertz CT molecular complexity index is 888. The van der Waals surface area contributed by atoms with E-state index in [4.69, 9.17) is 16.3 Å². The van der Waals surface area contributed by atoms with E-state index in [1.165, 1.54) is 18.2 Å². The minimum absolute atomic E-state index is 0.0909. The molecule has 1 aliphatic heterocycles. The van der Waals surface area contributed by atoms with E-state index < -0.39 is 5.82 Å². The summed E-state index contributed by atoms with van der Waals surface area (Å²) in [6.45, 7) is 6.15. The van der Waals surface area contributed by atoms with Crippen molar-refractivity contribution in [1.82, 2.24) is 9.80 Å². The number of hydrogen-bond donors (Lipinski definition) is 0. The van der Waals surface area contributed by atoms with E-state index in [0.717, 1.165) is 0 Å². The molecule has 0 spiro atoms. The molecule has 0 saturated carbocycles. The second-order valence-corrected chi connectivity index (χ2v) is 8.30. The molecule has 30 heavy (non-hydrogen) atoms. The van der Waals surface area contributed by atoms with Crippen LogP contribution in [0, 0.1) is 11.7 Å². The molecule has 5 nitrogen and oxygen atoms in total. The molecule has 0 N–H and O–H groups in total. The highest BCUT2D eigenvalue weighted by Gasteiger charge is 2.28. The Hall–Kier alpha value is -2.44. The van der Waals surface area contributed by atoms with Crippen molar-refractivity contribution in [3.8, 4) is 0 Å². The van der Waals surface area contributed by atoms with Gasteiger partial charge in [0, 0.05) is 42.3 Å². The van der Waals surface area contributed by atoms with Crippen LogP contribution in [0.1, 0.15) is 34.6 Å². The maximum Gasteiger partial charge on any atom is 0.254 e. The molecule has 2 aromatic carbocycles. The third-order valence-corrected chi connectivity index (χ3v) is 5.14. The maximum atomic E-state index is 13.6. The smallest absolute Gasteiger partial charge is 0.254 e. The molecule has 0 radical (unpaired) electrons. The lowest BCUT2D eigenvalue weighted by Gasteiger charge is -2.36. The van der Waals surface area contributed by atoms with Gasteiger partial charge in [-0.15, -0.1) is 0 Å². The van der Waals surface area contributed by atoms with Gasteiger partial charge in [0.2, 0.25) is 0 Å². The normalized spacial score (nSPS) is 16.6. The SMILES string of the molecule is CC(C)CN(C[C@H]1CN(C(=O)c2ccc(Cl)cc2)CCO1)C(=O)c1cccc(F)c1. The molecule has 1 heterocycles. The van der Waals surface area contributed by atoms with Crippen LogP contribution in [0.5, 0.6) is 0 Å². The lowest BCUT2D eigenvalue weighted by Crippen LogP contribution is -2.51. The predicted molar refractivity (Wildman–Crippen MR) is 114 cm³/mol. The van der Waals surface area contributed by atoms with Crippen LogP contribution in [0.3, 0.4) is 0 Å². The van der Waals surface area contributed by atoms with Crippen LogP contribution in [0.2, 0.25) is 5.02 Å². The number of rotatable bonds is 6. The number of halogens is 2. The molecule has 0 aromatic heterocycles. The first-order valence-electron chi connectivity index (χ1n) is 10.0. The topological polar surface area (TPSA) is 49.9 Å². The van der Waals surface area contributed by atoms with Crippen molar-refractivity contribution < 1.29 is 18.7 Å². The van der Waals surface area contributed by atoms with Crippen molar-refractivity contribution in [1.29, 1.82) is 0 Å². The number of morpholine rings is 1. The molecule has 1 aliphatic rings. The molecular formula is C23H26ClFN2O3. The van der Waals surface area contributed by atoms with Crippen molar-refractivity contribution in [2.45, 2.75) is 20.0 Å². The van der Waals surface area contributed by atoms with Gasteiger partial charge in [-0.1, -0.05) is 31.5 Å². The molecule has 3 rings (SSSR count). The molecule has 0 aliphatic carbocycles. The minimum atomic E-state index is -0.445. The van der Waals surface area contributed by atoms with Gasteiger partial charge in [0.15, 0.2) is 0 Å². The maximum absolute atomic E-state index is 13.6. The van der Waals surface area contributed by atoms with E-state index in [9.17, 15) is 14.0 Å². The summed E-state index contributed by atoms with van der Waals surface area (Å²) in [5.41, 5.74) is 0.871. The van der Waals surface area contributed by atoms with Crippen molar-refractivity contribution in [2.24, 2.45) is 5.92 Å². The van der Waals surface area contributed by atoms with Gasteiger partial charge in [-0.05, 0) is 48.4 Å². The molecular weight excluding hydrogens is 407 g/mol. The molecule has 160 valence electrons.